The summed E-state index contributed by atoms with van der Waals surface area (Å²) in [6.45, 7) is 6.53. The van der Waals surface area contributed by atoms with Gasteiger partial charge in [0.1, 0.15) is 11.1 Å². The molecule has 3 aliphatic rings. The van der Waals surface area contributed by atoms with Gasteiger partial charge in [0, 0.05) is 17.6 Å². The predicted molar refractivity (Wildman–Crippen MR) is 94.9 cm³/mol. The van der Waals surface area contributed by atoms with Crippen molar-refractivity contribution in [2.45, 2.75) is 46.5 Å². The van der Waals surface area contributed by atoms with Crippen molar-refractivity contribution in [2.24, 2.45) is 21.4 Å². The Kier molecular flexibility index (Phi) is 3.22. The van der Waals surface area contributed by atoms with Gasteiger partial charge in [0.05, 0.1) is 0 Å². The SMILES string of the molecule is CC12CCC(C(=O)N3CCCc4ccccc43)(C(=O)/C1=N\O)C2(C)C. The van der Waals surface area contributed by atoms with Gasteiger partial charge in [-0.3, -0.25) is 9.59 Å². The first-order valence-electron chi connectivity index (χ1n) is 8.98. The zero-order chi connectivity index (χ0) is 18.0. The second kappa shape index (κ2) is 4.93. The maximum atomic E-state index is 13.7. The number of rotatable bonds is 1. The summed E-state index contributed by atoms with van der Waals surface area (Å²) >= 11 is 0. The van der Waals surface area contributed by atoms with Gasteiger partial charge >= 0.3 is 0 Å². The molecule has 0 spiro atoms. The minimum atomic E-state index is -1.13. The van der Waals surface area contributed by atoms with Crippen LogP contribution in [0, 0.1) is 16.2 Å². The molecular formula is C20H24N2O3. The summed E-state index contributed by atoms with van der Waals surface area (Å²) in [4.78, 5) is 28.7. The second-order valence-electron chi connectivity index (χ2n) is 8.33. The molecule has 1 aliphatic heterocycles. The number of amides is 1. The molecule has 132 valence electrons. The number of carbonyl (C=O) groups excluding carboxylic acids is 2. The molecule has 1 heterocycles. The van der Waals surface area contributed by atoms with Crippen molar-refractivity contribution in [3.8, 4) is 0 Å². The smallest absolute Gasteiger partial charge is 0.241 e. The van der Waals surface area contributed by atoms with Gasteiger partial charge in [0.25, 0.3) is 0 Å². The van der Waals surface area contributed by atoms with E-state index in [0.717, 1.165) is 24.1 Å². The standard InChI is InChI=1S/C20H24N2O3/c1-18(2)19(3)10-11-20(18,16(23)15(19)21-25)17(24)22-12-6-8-13-7-4-5-9-14(13)22/h4-5,7,9,25H,6,8,10-12H2,1-3H3/b21-15+. The van der Waals surface area contributed by atoms with Crippen LogP contribution in [0.25, 0.3) is 0 Å². The highest BCUT2D eigenvalue weighted by molar-refractivity contribution is 6.51. The molecule has 4 rings (SSSR count). The number of benzene rings is 1. The van der Waals surface area contributed by atoms with E-state index in [2.05, 4.69) is 5.16 Å². The molecule has 0 radical (unpaired) electrons. The molecule has 1 amide bonds. The Hall–Kier alpha value is -2.17. The quantitative estimate of drug-likeness (QED) is 0.485. The molecular weight excluding hydrogens is 316 g/mol. The average molecular weight is 340 g/mol. The van der Waals surface area contributed by atoms with Crippen LogP contribution in [0.5, 0.6) is 0 Å². The van der Waals surface area contributed by atoms with E-state index >= 15 is 0 Å². The number of hydrogen-bond acceptors (Lipinski definition) is 4. The molecule has 0 saturated heterocycles. The van der Waals surface area contributed by atoms with Gasteiger partial charge in [-0.15, -0.1) is 0 Å². The Morgan fingerprint density at radius 3 is 2.60 bits per heavy atom. The lowest BCUT2D eigenvalue weighted by molar-refractivity contribution is -0.142. The lowest BCUT2D eigenvalue weighted by atomic mass is 9.64. The molecule has 2 atom stereocenters. The van der Waals surface area contributed by atoms with E-state index in [4.69, 9.17) is 0 Å². The number of Topliss-reactive ketones (excluding diaryl/α,β-unsaturated/α-hetero) is 1. The molecule has 0 aromatic heterocycles. The number of hydrogen-bond donors (Lipinski definition) is 1. The fraction of sp³-hybridized carbons (Fsp3) is 0.550. The number of oxime groups is 1. The minimum absolute atomic E-state index is 0.128. The first-order chi connectivity index (χ1) is 11.8. The number of fused-ring (bicyclic) bond motifs is 3. The van der Waals surface area contributed by atoms with E-state index in [-0.39, 0.29) is 17.4 Å². The fourth-order valence-corrected chi connectivity index (χ4v) is 5.40. The fourth-order valence-electron chi connectivity index (χ4n) is 5.40. The summed E-state index contributed by atoms with van der Waals surface area (Å²) in [6, 6.07) is 7.93. The molecule has 1 aromatic rings. The highest BCUT2D eigenvalue weighted by Gasteiger charge is 2.77. The van der Waals surface area contributed by atoms with E-state index in [1.54, 1.807) is 4.90 Å². The molecule has 2 fully saturated rings. The van der Waals surface area contributed by atoms with Crippen molar-refractivity contribution < 1.29 is 14.8 Å². The van der Waals surface area contributed by atoms with Gasteiger partial charge in [0.2, 0.25) is 5.91 Å². The predicted octanol–water partition coefficient (Wildman–Crippen LogP) is 3.19. The Bertz CT molecular complexity index is 813. The molecule has 2 aliphatic carbocycles. The number of nitrogens with zero attached hydrogens (tertiary/aromatic N) is 2. The Morgan fingerprint density at radius 2 is 1.92 bits per heavy atom. The zero-order valence-electron chi connectivity index (χ0n) is 15.0. The third-order valence-electron chi connectivity index (χ3n) is 7.39. The van der Waals surface area contributed by atoms with Gasteiger partial charge in [-0.25, -0.2) is 0 Å². The molecule has 1 N–H and O–H groups in total. The van der Waals surface area contributed by atoms with Crippen molar-refractivity contribution >= 4 is 23.1 Å². The Balaban J connectivity index is 1.85. The number of para-hydroxylation sites is 1. The van der Waals surface area contributed by atoms with Crippen molar-refractivity contribution in [3.63, 3.8) is 0 Å². The second-order valence-corrected chi connectivity index (χ2v) is 8.33. The highest BCUT2D eigenvalue weighted by atomic mass is 16.4. The normalized spacial score (nSPS) is 34.4. The number of aryl methyl sites for hydroxylation is 1. The third-order valence-corrected chi connectivity index (χ3v) is 7.39. The highest BCUT2D eigenvalue weighted by Crippen LogP contribution is 2.69. The average Bonchev–Trinajstić information content (AvgIpc) is 2.89. The summed E-state index contributed by atoms with van der Waals surface area (Å²) in [5.74, 6) is -0.418. The molecule has 5 heteroatoms. The van der Waals surface area contributed by atoms with Crippen LogP contribution < -0.4 is 4.90 Å². The van der Waals surface area contributed by atoms with Crippen molar-refractivity contribution in [3.05, 3.63) is 29.8 Å². The lowest BCUT2D eigenvalue weighted by Crippen LogP contribution is -2.53. The Morgan fingerprint density at radius 1 is 1.20 bits per heavy atom. The van der Waals surface area contributed by atoms with E-state index in [9.17, 15) is 14.8 Å². The summed E-state index contributed by atoms with van der Waals surface area (Å²) in [7, 11) is 0. The van der Waals surface area contributed by atoms with Crippen molar-refractivity contribution in [1.82, 2.24) is 0 Å². The van der Waals surface area contributed by atoms with Gasteiger partial charge in [0.15, 0.2) is 5.78 Å². The van der Waals surface area contributed by atoms with Gasteiger partial charge < -0.3 is 10.1 Å². The molecule has 2 unspecified atom stereocenters. The largest absolute Gasteiger partial charge is 0.411 e. The summed E-state index contributed by atoms with van der Waals surface area (Å²) in [5.41, 5.74) is -0.0414. The first-order valence-corrected chi connectivity index (χ1v) is 8.98. The van der Waals surface area contributed by atoms with Crippen LogP contribution >= 0.6 is 0 Å². The number of ketones is 1. The molecule has 2 bridgehead atoms. The monoisotopic (exact) mass is 340 g/mol. The van der Waals surface area contributed by atoms with Crippen LogP contribution in [0.2, 0.25) is 0 Å². The molecule has 25 heavy (non-hydrogen) atoms. The van der Waals surface area contributed by atoms with Crippen LogP contribution in [0.3, 0.4) is 0 Å². The topological polar surface area (TPSA) is 70.0 Å². The van der Waals surface area contributed by atoms with Crippen LogP contribution in [0.1, 0.15) is 45.6 Å². The van der Waals surface area contributed by atoms with Crippen LogP contribution in [-0.2, 0) is 16.0 Å². The number of carbonyl (C=O) groups is 2. The zero-order valence-corrected chi connectivity index (χ0v) is 15.0. The maximum absolute atomic E-state index is 13.7. The summed E-state index contributed by atoms with van der Waals surface area (Å²) in [6.07, 6.45) is 3.05. The third kappa shape index (κ3) is 1.66. The van der Waals surface area contributed by atoms with E-state index in [1.807, 2.05) is 45.0 Å². The molecule has 1 aromatic carbocycles. The van der Waals surface area contributed by atoms with Crippen molar-refractivity contribution in [1.29, 1.82) is 0 Å². The molecule has 2 saturated carbocycles. The molecule has 5 nitrogen and oxygen atoms in total. The van der Waals surface area contributed by atoms with E-state index < -0.39 is 16.2 Å². The van der Waals surface area contributed by atoms with Gasteiger partial charge in [-0.1, -0.05) is 44.1 Å². The van der Waals surface area contributed by atoms with Crippen LogP contribution in [0.4, 0.5) is 5.69 Å². The van der Waals surface area contributed by atoms with Crippen molar-refractivity contribution in [2.75, 3.05) is 11.4 Å². The lowest BCUT2D eigenvalue weighted by Gasteiger charge is -2.41. The van der Waals surface area contributed by atoms with Crippen LogP contribution in [0.15, 0.2) is 29.4 Å². The number of anilines is 1. The van der Waals surface area contributed by atoms with E-state index in [1.165, 1.54) is 0 Å². The van der Waals surface area contributed by atoms with Gasteiger partial charge in [-0.2, -0.15) is 0 Å². The summed E-state index contributed by atoms with van der Waals surface area (Å²) < 4.78 is 0. The minimum Gasteiger partial charge on any atom is -0.411 e. The summed E-state index contributed by atoms with van der Waals surface area (Å²) in [5, 5.41) is 12.8. The van der Waals surface area contributed by atoms with Gasteiger partial charge in [-0.05, 0) is 42.7 Å². The maximum Gasteiger partial charge on any atom is 0.241 e. The van der Waals surface area contributed by atoms with Crippen LogP contribution in [-0.4, -0.2) is 29.2 Å². The van der Waals surface area contributed by atoms with E-state index in [0.29, 0.717) is 19.4 Å². The first kappa shape index (κ1) is 16.3. The Labute approximate surface area is 147 Å².